The van der Waals surface area contributed by atoms with Crippen molar-refractivity contribution in [2.45, 2.75) is 6.92 Å². The van der Waals surface area contributed by atoms with E-state index < -0.39 is 0 Å². The number of nitrogens with one attached hydrogen (secondary N) is 2. The molecule has 6 nitrogen and oxygen atoms in total. The third-order valence-electron chi connectivity index (χ3n) is 3.13. The smallest absolute Gasteiger partial charge is 0.235 e. The van der Waals surface area contributed by atoms with Crippen LogP contribution < -0.4 is 5.32 Å². The summed E-state index contributed by atoms with van der Waals surface area (Å²) < 4.78 is 0. The standard InChI is InChI=1S/C14H12BrN5O/c1-8-2-3-9(4-10(8)20-11(21)5-15)12-13-14(18-6-16-12)19-7-17-13/h2-4,6-7H,5H2,1H3,(H,20,21)(H,16,17,18,19). The van der Waals surface area contributed by atoms with Crippen LogP contribution in [0.25, 0.3) is 22.4 Å². The Labute approximate surface area is 129 Å². The Morgan fingerprint density at radius 1 is 1.33 bits per heavy atom. The number of aromatic amines is 1. The van der Waals surface area contributed by atoms with Crippen molar-refractivity contribution in [1.82, 2.24) is 19.9 Å². The highest BCUT2D eigenvalue weighted by Crippen LogP contribution is 2.27. The molecule has 1 amide bonds. The van der Waals surface area contributed by atoms with Crippen molar-refractivity contribution in [3.63, 3.8) is 0 Å². The molecule has 0 radical (unpaired) electrons. The largest absolute Gasteiger partial charge is 0.341 e. The van der Waals surface area contributed by atoms with Gasteiger partial charge in [0.1, 0.15) is 11.8 Å². The molecular formula is C14H12BrN5O. The highest BCUT2D eigenvalue weighted by atomic mass is 79.9. The third kappa shape index (κ3) is 2.64. The molecule has 106 valence electrons. The average molecular weight is 346 g/mol. The highest BCUT2D eigenvalue weighted by molar-refractivity contribution is 9.09. The number of nitrogens with zero attached hydrogens (tertiary/aromatic N) is 3. The number of rotatable bonds is 3. The molecule has 0 aliphatic carbocycles. The van der Waals surface area contributed by atoms with Crippen LogP contribution in [0.3, 0.4) is 0 Å². The van der Waals surface area contributed by atoms with Crippen LogP contribution in [0.4, 0.5) is 5.69 Å². The number of hydrogen-bond acceptors (Lipinski definition) is 4. The normalized spacial score (nSPS) is 10.8. The number of imidazole rings is 1. The van der Waals surface area contributed by atoms with Gasteiger partial charge in [0.05, 0.1) is 17.4 Å². The van der Waals surface area contributed by atoms with Crippen molar-refractivity contribution in [2.24, 2.45) is 0 Å². The Morgan fingerprint density at radius 3 is 3.00 bits per heavy atom. The molecule has 2 aromatic heterocycles. The van der Waals surface area contributed by atoms with Crippen LogP contribution in [0.15, 0.2) is 30.9 Å². The van der Waals surface area contributed by atoms with Gasteiger partial charge in [-0.2, -0.15) is 0 Å². The van der Waals surface area contributed by atoms with E-state index in [9.17, 15) is 4.79 Å². The number of H-pyrrole nitrogens is 1. The van der Waals surface area contributed by atoms with Crippen molar-refractivity contribution in [1.29, 1.82) is 0 Å². The number of benzene rings is 1. The number of halogens is 1. The predicted molar refractivity (Wildman–Crippen MR) is 84.3 cm³/mol. The third-order valence-corrected chi connectivity index (χ3v) is 3.64. The van der Waals surface area contributed by atoms with Gasteiger partial charge >= 0.3 is 0 Å². The maximum absolute atomic E-state index is 11.6. The first kappa shape index (κ1) is 13.7. The molecule has 0 aliphatic rings. The molecule has 0 saturated heterocycles. The van der Waals surface area contributed by atoms with Crippen molar-refractivity contribution in [3.8, 4) is 11.3 Å². The van der Waals surface area contributed by atoms with Gasteiger partial charge in [-0.05, 0) is 18.6 Å². The van der Waals surface area contributed by atoms with Crippen LogP contribution in [0.5, 0.6) is 0 Å². The molecule has 0 unspecified atom stereocenters. The molecule has 21 heavy (non-hydrogen) atoms. The van der Waals surface area contributed by atoms with Crippen molar-refractivity contribution in [2.75, 3.05) is 10.6 Å². The number of amides is 1. The SMILES string of the molecule is Cc1ccc(-c2ncnc3nc[nH]c23)cc1NC(=O)CBr. The van der Waals surface area contributed by atoms with Gasteiger partial charge in [-0.15, -0.1) is 0 Å². The zero-order chi connectivity index (χ0) is 14.8. The van der Waals surface area contributed by atoms with E-state index in [4.69, 9.17) is 0 Å². The summed E-state index contributed by atoms with van der Waals surface area (Å²) in [4.78, 5) is 27.1. The summed E-state index contributed by atoms with van der Waals surface area (Å²) in [5, 5.41) is 3.12. The summed E-state index contributed by atoms with van der Waals surface area (Å²) in [6.07, 6.45) is 3.07. The Kier molecular flexibility index (Phi) is 3.66. The predicted octanol–water partition coefficient (Wildman–Crippen LogP) is 2.66. The minimum atomic E-state index is -0.0929. The summed E-state index contributed by atoms with van der Waals surface area (Å²) >= 11 is 3.14. The summed E-state index contributed by atoms with van der Waals surface area (Å²) in [7, 11) is 0. The van der Waals surface area contributed by atoms with E-state index in [2.05, 4.69) is 41.2 Å². The first-order valence-corrected chi connectivity index (χ1v) is 7.42. The number of aryl methyl sites for hydroxylation is 1. The summed E-state index contributed by atoms with van der Waals surface area (Å²) in [6.45, 7) is 1.94. The van der Waals surface area contributed by atoms with Crippen LogP contribution in [0.1, 0.15) is 5.56 Å². The molecule has 0 spiro atoms. The maximum atomic E-state index is 11.6. The fourth-order valence-corrected chi connectivity index (χ4v) is 2.21. The number of carbonyl (C=O) groups is 1. The molecule has 0 aliphatic heterocycles. The lowest BCUT2D eigenvalue weighted by molar-refractivity contribution is -0.113. The topological polar surface area (TPSA) is 83.6 Å². The Bertz CT molecular complexity index is 814. The van der Waals surface area contributed by atoms with Crippen LogP contribution in [-0.2, 0) is 4.79 Å². The van der Waals surface area contributed by atoms with E-state index in [0.717, 1.165) is 28.0 Å². The number of hydrogen-bond donors (Lipinski definition) is 2. The summed E-state index contributed by atoms with van der Waals surface area (Å²) in [5.41, 5.74) is 4.80. The van der Waals surface area contributed by atoms with Gasteiger partial charge in [-0.25, -0.2) is 15.0 Å². The van der Waals surface area contributed by atoms with E-state index in [1.807, 2.05) is 25.1 Å². The monoisotopic (exact) mass is 345 g/mol. The molecule has 0 atom stereocenters. The van der Waals surface area contributed by atoms with Crippen molar-refractivity contribution >= 4 is 38.7 Å². The maximum Gasteiger partial charge on any atom is 0.235 e. The van der Waals surface area contributed by atoms with Crippen LogP contribution in [0.2, 0.25) is 0 Å². The van der Waals surface area contributed by atoms with E-state index in [1.54, 1.807) is 6.33 Å². The lowest BCUT2D eigenvalue weighted by atomic mass is 10.1. The number of aromatic nitrogens is 4. The van der Waals surface area contributed by atoms with E-state index in [1.165, 1.54) is 6.33 Å². The second kappa shape index (κ2) is 5.61. The molecule has 7 heteroatoms. The molecule has 1 aromatic carbocycles. The summed E-state index contributed by atoms with van der Waals surface area (Å²) in [5.74, 6) is -0.0929. The van der Waals surface area contributed by atoms with Gasteiger partial charge in [0.15, 0.2) is 5.65 Å². The first-order chi connectivity index (χ1) is 10.2. The van der Waals surface area contributed by atoms with Gasteiger partial charge in [0.25, 0.3) is 0 Å². The van der Waals surface area contributed by atoms with Gasteiger partial charge in [0, 0.05) is 11.3 Å². The molecule has 3 rings (SSSR count). The molecule has 3 aromatic rings. The molecule has 2 heterocycles. The number of carbonyl (C=O) groups excluding carboxylic acids is 1. The number of fused-ring (bicyclic) bond motifs is 1. The van der Waals surface area contributed by atoms with Crippen LogP contribution in [0, 0.1) is 6.92 Å². The van der Waals surface area contributed by atoms with Crippen molar-refractivity contribution < 1.29 is 4.79 Å². The highest BCUT2D eigenvalue weighted by Gasteiger charge is 2.11. The van der Waals surface area contributed by atoms with E-state index in [0.29, 0.717) is 5.65 Å². The lowest BCUT2D eigenvalue weighted by Gasteiger charge is -2.10. The zero-order valence-corrected chi connectivity index (χ0v) is 12.8. The average Bonchev–Trinajstić information content (AvgIpc) is 2.97. The second-order valence-electron chi connectivity index (χ2n) is 4.53. The minimum Gasteiger partial charge on any atom is -0.341 e. The number of anilines is 1. The van der Waals surface area contributed by atoms with Crippen LogP contribution in [-0.4, -0.2) is 31.2 Å². The van der Waals surface area contributed by atoms with Crippen molar-refractivity contribution in [3.05, 3.63) is 36.4 Å². The molecule has 0 fully saturated rings. The molecule has 2 N–H and O–H groups in total. The number of alkyl halides is 1. The van der Waals surface area contributed by atoms with Gasteiger partial charge in [-0.1, -0.05) is 28.1 Å². The summed E-state index contributed by atoms with van der Waals surface area (Å²) in [6, 6.07) is 5.81. The lowest BCUT2D eigenvalue weighted by Crippen LogP contribution is -2.13. The van der Waals surface area contributed by atoms with Crippen LogP contribution >= 0.6 is 15.9 Å². The fraction of sp³-hybridized carbons (Fsp3) is 0.143. The van der Waals surface area contributed by atoms with Gasteiger partial charge in [0.2, 0.25) is 5.91 Å². The fourth-order valence-electron chi connectivity index (χ4n) is 2.07. The van der Waals surface area contributed by atoms with Gasteiger partial charge < -0.3 is 10.3 Å². The molecule has 0 bridgehead atoms. The Balaban J connectivity index is 2.08. The van der Waals surface area contributed by atoms with E-state index >= 15 is 0 Å². The Morgan fingerprint density at radius 2 is 2.19 bits per heavy atom. The first-order valence-electron chi connectivity index (χ1n) is 6.30. The minimum absolute atomic E-state index is 0.0929. The van der Waals surface area contributed by atoms with E-state index in [-0.39, 0.29) is 11.2 Å². The zero-order valence-electron chi connectivity index (χ0n) is 11.2. The van der Waals surface area contributed by atoms with Gasteiger partial charge in [-0.3, -0.25) is 4.79 Å². The Hall–Kier alpha value is -2.28. The quantitative estimate of drug-likeness (QED) is 0.714. The molecular weight excluding hydrogens is 334 g/mol. The molecule has 0 saturated carbocycles. The second-order valence-corrected chi connectivity index (χ2v) is 5.10.